The lowest BCUT2D eigenvalue weighted by atomic mass is 10.1. The highest BCUT2D eigenvalue weighted by molar-refractivity contribution is 7.89. The first-order chi connectivity index (χ1) is 14.6. The van der Waals surface area contributed by atoms with E-state index in [2.05, 4.69) is 9.82 Å². The van der Waals surface area contributed by atoms with E-state index in [1.807, 2.05) is 48.9 Å². The van der Waals surface area contributed by atoms with Gasteiger partial charge in [-0.05, 0) is 57.2 Å². The predicted molar refractivity (Wildman–Crippen MR) is 121 cm³/mol. The number of halogens is 1. The van der Waals surface area contributed by atoms with E-state index in [-0.39, 0.29) is 10.8 Å². The van der Waals surface area contributed by atoms with Gasteiger partial charge in [0.05, 0.1) is 22.3 Å². The largest absolute Gasteiger partial charge is 0.340 e. The Morgan fingerprint density at radius 2 is 1.74 bits per heavy atom. The van der Waals surface area contributed by atoms with Crippen LogP contribution in [0.1, 0.15) is 23.9 Å². The highest BCUT2D eigenvalue weighted by atomic mass is 35.5. The minimum atomic E-state index is -3.85. The van der Waals surface area contributed by atoms with Crippen molar-refractivity contribution in [3.8, 4) is 5.69 Å². The molecule has 0 saturated heterocycles. The monoisotopic (exact) mass is 460 g/mol. The molecule has 0 spiro atoms. The molecule has 1 unspecified atom stereocenters. The molecule has 0 aliphatic carbocycles. The zero-order chi connectivity index (χ0) is 22.8. The zero-order valence-electron chi connectivity index (χ0n) is 17.8. The SMILES string of the molecule is Cc1nn(-c2ccccc2)c(C)c1CN(C)C(=O)C(C)NS(=O)(=O)c1ccc(Cl)cc1. The Labute approximate surface area is 187 Å². The van der Waals surface area contributed by atoms with E-state index in [0.717, 1.165) is 22.6 Å². The molecule has 7 nitrogen and oxygen atoms in total. The quantitative estimate of drug-likeness (QED) is 0.585. The Hall–Kier alpha value is -2.68. The summed E-state index contributed by atoms with van der Waals surface area (Å²) in [5.74, 6) is -0.344. The third-order valence-electron chi connectivity index (χ3n) is 5.04. The minimum absolute atomic E-state index is 0.0510. The number of rotatable bonds is 7. The number of benzene rings is 2. The fraction of sp³-hybridized carbons (Fsp3) is 0.273. The fourth-order valence-corrected chi connectivity index (χ4v) is 4.66. The molecule has 0 radical (unpaired) electrons. The van der Waals surface area contributed by atoms with Crippen molar-refractivity contribution in [1.82, 2.24) is 19.4 Å². The highest BCUT2D eigenvalue weighted by Crippen LogP contribution is 2.20. The molecule has 1 atom stereocenters. The summed E-state index contributed by atoms with van der Waals surface area (Å²) in [5, 5.41) is 5.04. The molecule has 0 aliphatic rings. The van der Waals surface area contributed by atoms with E-state index in [9.17, 15) is 13.2 Å². The van der Waals surface area contributed by atoms with Gasteiger partial charge < -0.3 is 4.90 Å². The number of amides is 1. The number of nitrogens with one attached hydrogen (secondary N) is 1. The van der Waals surface area contributed by atoms with Gasteiger partial charge in [0, 0.05) is 29.9 Å². The van der Waals surface area contributed by atoms with Crippen LogP contribution in [0.15, 0.2) is 59.5 Å². The van der Waals surface area contributed by atoms with Gasteiger partial charge >= 0.3 is 0 Å². The second kappa shape index (κ2) is 9.21. The van der Waals surface area contributed by atoms with E-state index < -0.39 is 16.1 Å². The van der Waals surface area contributed by atoms with Gasteiger partial charge in [-0.2, -0.15) is 9.82 Å². The number of carbonyl (C=O) groups excluding carboxylic acids is 1. The van der Waals surface area contributed by atoms with Crippen LogP contribution in [0, 0.1) is 13.8 Å². The number of sulfonamides is 1. The first-order valence-corrected chi connectivity index (χ1v) is 11.6. The average molecular weight is 461 g/mol. The third kappa shape index (κ3) is 5.15. The average Bonchev–Trinajstić information content (AvgIpc) is 3.02. The van der Waals surface area contributed by atoms with Crippen LogP contribution in [0.3, 0.4) is 0 Å². The number of aryl methyl sites for hydroxylation is 1. The van der Waals surface area contributed by atoms with Gasteiger partial charge in [-0.15, -0.1) is 0 Å². The first-order valence-electron chi connectivity index (χ1n) is 9.73. The van der Waals surface area contributed by atoms with E-state index in [4.69, 9.17) is 11.6 Å². The van der Waals surface area contributed by atoms with Crippen LogP contribution in [0.2, 0.25) is 5.02 Å². The number of para-hydroxylation sites is 1. The number of likely N-dealkylation sites (N-methyl/N-ethyl adjacent to an activating group) is 1. The van der Waals surface area contributed by atoms with Crippen molar-refractivity contribution in [3.63, 3.8) is 0 Å². The summed E-state index contributed by atoms with van der Waals surface area (Å²) < 4.78 is 29.4. The van der Waals surface area contributed by atoms with Crippen LogP contribution < -0.4 is 4.72 Å². The van der Waals surface area contributed by atoms with E-state index in [1.165, 1.54) is 36.1 Å². The van der Waals surface area contributed by atoms with Crippen molar-refractivity contribution in [3.05, 3.63) is 76.6 Å². The molecule has 3 rings (SSSR count). The third-order valence-corrected chi connectivity index (χ3v) is 6.85. The Kier molecular flexibility index (Phi) is 6.83. The minimum Gasteiger partial charge on any atom is -0.340 e. The molecule has 164 valence electrons. The van der Waals surface area contributed by atoms with Gasteiger partial charge in [0.25, 0.3) is 0 Å². The molecule has 1 N–H and O–H groups in total. The summed E-state index contributed by atoms with van der Waals surface area (Å²) in [4.78, 5) is 14.4. The van der Waals surface area contributed by atoms with Crippen molar-refractivity contribution >= 4 is 27.5 Å². The van der Waals surface area contributed by atoms with Gasteiger partial charge in [-0.25, -0.2) is 13.1 Å². The lowest BCUT2D eigenvalue weighted by molar-refractivity contribution is -0.131. The van der Waals surface area contributed by atoms with Crippen LogP contribution in [-0.4, -0.2) is 42.1 Å². The van der Waals surface area contributed by atoms with Crippen LogP contribution in [-0.2, 0) is 21.4 Å². The molecule has 9 heteroatoms. The topological polar surface area (TPSA) is 84.3 Å². The van der Waals surface area contributed by atoms with Crippen molar-refractivity contribution < 1.29 is 13.2 Å². The number of nitrogens with zero attached hydrogens (tertiary/aromatic N) is 3. The molecule has 1 amide bonds. The molecule has 2 aromatic carbocycles. The number of carbonyl (C=O) groups is 1. The lowest BCUT2D eigenvalue weighted by Crippen LogP contribution is -2.45. The molecular formula is C22H25ClN4O3S. The summed E-state index contributed by atoms with van der Waals surface area (Å²) >= 11 is 5.82. The fourth-order valence-electron chi connectivity index (χ4n) is 3.33. The molecular weight excluding hydrogens is 436 g/mol. The molecule has 0 fully saturated rings. The molecule has 3 aromatic rings. The van der Waals surface area contributed by atoms with E-state index in [1.54, 1.807) is 7.05 Å². The van der Waals surface area contributed by atoms with E-state index in [0.29, 0.717) is 11.6 Å². The lowest BCUT2D eigenvalue weighted by Gasteiger charge is -2.22. The summed E-state index contributed by atoms with van der Waals surface area (Å²) in [6.45, 7) is 5.69. The maximum absolute atomic E-state index is 12.9. The standard InChI is InChI=1S/C22H25ClN4O3S/c1-15-21(17(3)27(24-15)19-8-6-5-7-9-19)14-26(4)22(28)16(2)25-31(29,30)20-12-10-18(23)11-13-20/h5-13,16,25H,14H2,1-4H3. The van der Waals surface area contributed by atoms with Gasteiger partial charge in [0.15, 0.2) is 0 Å². The zero-order valence-corrected chi connectivity index (χ0v) is 19.4. The van der Waals surface area contributed by atoms with Gasteiger partial charge in [-0.1, -0.05) is 29.8 Å². The van der Waals surface area contributed by atoms with Gasteiger partial charge in [-0.3, -0.25) is 4.79 Å². The molecule has 0 saturated carbocycles. The Morgan fingerprint density at radius 3 is 2.35 bits per heavy atom. The molecule has 0 bridgehead atoms. The Morgan fingerprint density at radius 1 is 1.13 bits per heavy atom. The van der Waals surface area contributed by atoms with Gasteiger partial charge in [0.2, 0.25) is 15.9 Å². The molecule has 1 heterocycles. The summed E-state index contributed by atoms with van der Waals surface area (Å²) in [7, 11) is -2.20. The number of hydrogen-bond donors (Lipinski definition) is 1. The highest BCUT2D eigenvalue weighted by Gasteiger charge is 2.25. The summed E-state index contributed by atoms with van der Waals surface area (Å²) in [6, 6.07) is 14.6. The van der Waals surface area contributed by atoms with Gasteiger partial charge in [0.1, 0.15) is 0 Å². The van der Waals surface area contributed by atoms with E-state index >= 15 is 0 Å². The van der Waals surface area contributed by atoms with Crippen LogP contribution in [0.5, 0.6) is 0 Å². The normalized spacial score (nSPS) is 12.5. The number of hydrogen-bond acceptors (Lipinski definition) is 4. The number of aromatic nitrogens is 2. The molecule has 0 aliphatic heterocycles. The maximum atomic E-state index is 12.9. The van der Waals surface area contributed by atoms with Crippen molar-refractivity contribution in [1.29, 1.82) is 0 Å². The summed E-state index contributed by atoms with van der Waals surface area (Å²) in [6.07, 6.45) is 0. The van der Waals surface area contributed by atoms with Crippen LogP contribution in [0.25, 0.3) is 5.69 Å². The summed E-state index contributed by atoms with van der Waals surface area (Å²) in [5.41, 5.74) is 3.60. The first kappa shape index (κ1) is 23.0. The van der Waals surface area contributed by atoms with Crippen molar-refractivity contribution in [2.75, 3.05) is 7.05 Å². The second-order valence-electron chi connectivity index (χ2n) is 7.39. The molecule has 31 heavy (non-hydrogen) atoms. The Bertz CT molecular complexity index is 1180. The van der Waals surface area contributed by atoms with Crippen LogP contribution >= 0.6 is 11.6 Å². The molecule has 1 aromatic heterocycles. The van der Waals surface area contributed by atoms with Crippen molar-refractivity contribution in [2.45, 2.75) is 38.3 Å². The smallest absolute Gasteiger partial charge is 0.241 e. The maximum Gasteiger partial charge on any atom is 0.241 e. The van der Waals surface area contributed by atoms with Crippen molar-refractivity contribution in [2.24, 2.45) is 0 Å². The Balaban J connectivity index is 1.73. The predicted octanol–water partition coefficient (Wildman–Crippen LogP) is 3.47. The van der Waals surface area contributed by atoms with Crippen LogP contribution in [0.4, 0.5) is 0 Å². The second-order valence-corrected chi connectivity index (χ2v) is 9.54.